The van der Waals surface area contributed by atoms with Crippen LogP contribution in [0.4, 0.5) is 0 Å². The Morgan fingerprint density at radius 3 is 2.36 bits per heavy atom. The van der Waals surface area contributed by atoms with Crippen LogP contribution in [0, 0.1) is 6.92 Å². The van der Waals surface area contributed by atoms with Crippen LogP contribution in [0.2, 0.25) is 5.02 Å². The topological polar surface area (TPSA) is 17.8 Å². The van der Waals surface area contributed by atoms with Crippen molar-refractivity contribution in [2.24, 2.45) is 7.05 Å². The molecule has 14 heavy (non-hydrogen) atoms. The van der Waals surface area contributed by atoms with Gasteiger partial charge >= 0.3 is 0 Å². The summed E-state index contributed by atoms with van der Waals surface area (Å²) in [5.74, 6) is 0. The molecule has 0 bridgehead atoms. The second-order valence-corrected chi connectivity index (χ2v) is 3.78. The monoisotopic (exact) mass is 206 g/mol. The van der Waals surface area contributed by atoms with Gasteiger partial charge in [0.05, 0.1) is 5.69 Å². The Balaban J connectivity index is 2.49. The van der Waals surface area contributed by atoms with Crippen LogP contribution in [0.15, 0.2) is 30.5 Å². The average molecular weight is 207 g/mol. The standard InChI is InChI=1S/C11H11ClN2/c1-8-7-14(2)13-11(8)9-3-5-10(12)6-4-9/h3-7H,1-2H3. The summed E-state index contributed by atoms with van der Waals surface area (Å²) in [6, 6.07) is 7.73. The highest BCUT2D eigenvalue weighted by atomic mass is 35.5. The van der Waals surface area contributed by atoms with E-state index in [0.29, 0.717) is 0 Å². The Morgan fingerprint density at radius 1 is 1.21 bits per heavy atom. The lowest BCUT2D eigenvalue weighted by molar-refractivity contribution is 0.770. The van der Waals surface area contributed by atoms with E-state index >= 15 is 0 Å². The van der Waals surface area contributed by atoms with Crippen LogP contribution in [-0.2, 0) is 7.05 Å². The largest absolute Gasteiger partial charge is 0.275 e. The van der Waals surface area contributed by atoms with E-state index in [0.717, 1.165) is 16.3 Å². The van der Waals surface area contributed by atoms with Gasteiger partial charge < -0.3 is 0 Å². The van der Waals surface area contributed by atoms with E-state index in [9.17, 15) is 0 Å². The van der Waals surface area contributed by atoms with Crippen molar-refractivity contribution in [1.82, 2.24) is 9.78 Å². The summed E-state index contributed by atoms with van der Waals surface area (Å²) in [4.78, 5) is 0. The fraction of sp³-hybridized carbons (Fsp3) is 0.182. The summed E-state index contributed by atoms with van der Waals surface area (Å²) in [5.41, 5.74) is 3.30. The number of aryl methyl sites for hydroxylation is 2. The summed E-state index contributed by atoms with van der Waals surface area (Å²) in [6.07, 6.45) is 2.00. The van der Waals surface area contributed by atoms with Crippen molar-refractivity contribution in [3.63, 3.8) is 0 Å². The minimum atomic E-state index is 0.752. The van der Waals surface area contributed by atoms with E-state index < -0.39 is 0 Å². The lowest BCUT2D eigenvalue weighted by Crippen LogP contribution is -1.87. The van der Waals surface area contributed by atoms with Gasteiger partial charge in [-0.1, -0.05) is 23.7 Å². The number of benzene rings is 1. The number of hydrogen-bond acceptors (Lipinski definition) is 1. The molecule has 0 N–H and O–H groups in total. The van der Waals surface area contributed by atoms with Crippen molar-refractivity contribution in [3.05, 3.63) is 41.0 Å². The number of aromatic nitrogens is 2. The van der Waals surface area contributed by atoms with Crippen LogP contribution in [0.3, 0.4) is 0 Å². The molecule has 2 rings (SSSR count). The van der Waals surface area contributed by atoms with Crippen molar-refractivity contribution in [2.75, 3.05) is 0 Å². The molecule has 72 valence electrons. The Labute approximate surface area is 88.1 Å². The van der Waals surface area contributed by atoms with Crippen LogP contribution >= 0.6 is 11.6 Å². The average Bonchev–Trinajstić information content (AvgIpc) is 2.47. The molecule has 2 nitrogen and oxygen atoms in total. The molecule has 0 amide bonds. The zero-order valence-corrected chi connectivity index (χ0v) is 8.92. The third kappa shape index (κ3) is 1.66. The maximum atomic E-state index is 5.82. The quantitative estimate of drug-likeness (QED) is 0.701. The van der Waals surface area contributed by atoms with Gasteiger partial charge in [0.1, 0.15) is 0 Å². The van der Waals surface area contributed by atoms with E-state index in [1.165, 1.54) is 5.56 Å². The Morgan fingerprint density at radius 2 is 1.86 bits per heavy atom. The molecule has 0 radical (unpaired) electrons. The summed E-state index contributed by atoms with van der Waals surface area (Å²) in [5, 5.41) is 5.14. The second kappa shape index (κ2) is 3.46. The van der Waals surface area contributed by atoms with Gasteiger partial charge in [-0.3, -0.25) is 4.68 Å². The predicted octanol–water partition coefficient (Wildman–Crippen LogP) is 3.05. The first-order valence-electron chi connectivity index (χ1n) is 4.43. The van der Waals surface area contributed by atoms with E-state index in [2.05, 4.69) is 12.0 Å². The predicted molar refractivity (Wildman–Crippen MR) is 58.4 cm³/mol. The van der Waals surface area contributed by atoms with Crippen molar-refractivity contribution >= 4 is 11.6 Å². The Bertz CT molecular complexity index is 443. The van der Waals surface area contributed by atoms with Crippen LogP contribution in [0.25, 0.3) is 11.3 Å². The Kier molecular flexibility index (Phi) is 2.30. The van der Waals surface area contributed by atoms with Gasteiger partial charge in [0.2, 0.25) is 0 Å². The molecule has 1 aromatic heterocycles. The van der Waals surface area contributed by atoms with E-state index in [-0.39, 0.29) is 0 Å². The van der Waals surface area contributed by atoms with Crippen LogP contribution in [-0.4, -0.2) is 9.78 Å². The van der Waals surface area contributed by atoms with Gasteiger partial charge in [-0.15, -0.1) is 0 Å². The molecule has 0 aliphatic carbocycles. The SMILES string of the molecule is Cc1cn(C)nc1-c1ccc(Cl)cc1. The van der Waals surface area contributed by atoms with Crippen molar-refractivity contribution < 1.29 is 0 Å². The fourth-order valence-corrected chi connectivity index (χ4v) is 1.63. The molecule has 0 aliphatic heterocycles. The van der Waals surface area contributed by atoms with Crippen molar-refractivity contribution in [3.8, 4) is 11.3 Å². The fourth-order valence-electron chi connectivity index (χ4n) is 1.50. The molecular formula is C11H11ClN2. The van der Waals surface area contributed by atoms with Gasteiger partial charge in [-0.2, -0.15) is 5.10 Å². The summed E-state index contributed by atoms with van der Waals surface area (Å²) in [7, 11) is 1.92. The van der Waals surface area contributed by atoms with Gasteiger partial charge in [0.25, 0.3) is 0 Å². The molecule has 0 aliphatic rings. The second-order valence-electron chi connectivity index (χ2n) is 3.34. The van der Waals surface area contributed by atoms with Gasteiger partial charge in [0.15, 0.2) is 0 Å². The summed E-state index contributed by atoms with van der Waals surface area (Å²) in [6.45, 7) is 2.05. The summed E-state index contributed by atoms with van der Waals surface area (Å²) >= 11 is 5.82. The molecule has 0 saturated carbocycles. The Hall–Kier alpha value is -1.28. The zero-order chi connectivity index (χ0) is 10.1. The third-order valence-electron chi connectivity index (χ3n) is 2.13. The molecule has 0 fully saturated rings. The first-order chi connectivity index (χ1) is 6.66. The third-order valence-corrected chi connectivity index (χ3v) is 2.38. The maximum absolute atomic E-state index is 5.82. The zero-order valence-electron chi connectivity index (χ0n) is 8.16. The maximum Gasteiger partial charge on any atom is 0.0952 e. The number of rotatable bonds is 1. The molecule has 0 spiro atoms. The van der Waals surface area contributed by atoms with E-state index in [1.807, 2.05) is 42.2 Å². The molecule has 1 heterocycles. The first-order valence-corrected chi connectivity index (χ1v) is 4.81. The number of nitrogens with zero attached hydrogens (tertiary/aromatic N) is 2. The molecule has 1 aromatic carbocycles. The molecule has 0 saturated heterocycles. The molecular weight excluding hydrogens is 196 g/mol. The van der Waals surface area contributed by atoms with Crippen molar-refractivity contribution in [2.45, 2.75) is 6.92 Å². The van der Waals surface area contributed by atoms with Crippen LogP contribution < -0.4 is 0 Å². The normalized spacial score (nSPS) is 10.5. The highest BCUT2D eigenvalue weighted by molar-refractivity contribution is 6.30. The number of hydrogen-bond donors (Lipinski definition) is 0. The first kappa shape index (κ1) is 9.28. The number of halogens is 1. The molecule has 2 aromatic rings. The molecule has 0 atom stereocenters. The lowest BCUT2D eigenvalue weighted by Gasteiger charge is -1.97. The minimum absolute atomic E-state index is 0.752. The van der Waals surface area contributed by atoms with Crippen LogP contribution in [0.5, 0.6) is 0 Å². The lowest BCUT2D eigenvalue weighted by atomic mass is 10.1. The molecule has 3 heteroatoms. The highest BCUT2D eigenvalue weighted by Crippen LogP contribution is 2.22. The minimum Gasteiger partial charge on any atom is -0.275 e. The van der Waals surface area contributed by atoms with Gasteiger partial charge in [-0.05, 0) is 24.6 Å². The van der Waals surface area contributed by atoms with E-state index in [4.69, 9.17) is 11.6 Å². The summed E-state index contributed by atoms with van der Waals surface area (Å²) < 4.78 is 1.82. The van der Waals surface area contributed by atoms with Gasteiger partial charge in [0, 0.05) is 23.8 Å². The van der Waals surface area contributed by atoms with Gasteiger partial charge in [-0.25, -0.2) is 0 Å². The van der Waals surface area contributed by atoms with Crippen LogP contribution in [0.1, 0.15) is 5.56 Å². The molecule has 0 unspecified atom stereocenters. The highest BCUT2D eigenvalue weighted by Gasteiger charge is 2.05. The van der Waals surface area contributed by atoms with E-state index in [1.54, 1.807) is 0 Å². The smallest absolute Gasteiger partial charge is 0.0952 e. The van der Waals surface area contributed by atoms with Crippen molar-refractivity contribution in [1.29, 1.82) is 0 Å².